The van der Waals surface area contributed by atoms with Crippen LogP contribution in [0.5, 0.6) is 0 Å². The molecule has 1 fully saturated rings. The van der Waals surface area contributed by atoms with E-state index < -0.39 is 0 Å². The van der Waals surface area contributed by atoms with Gasteiger partial charge >= 0.3 is 0 Å². The lowest BCUT2D eigenvalue weighted by Crippen LogP contribution is -2.49. The molecule has 1 aromatic carbocycles. The van der Waals surface area contributed by atoms with Crippen LogP contribution in [0.4, 0.5) is 0 Å². The smallest absolute Gasteiger partial charge is 0.257 e. The number of pyridine rings is 1. The van der Waals surface area contributed by atoms with Crippen molar-refractivity contribution in [3.05, 3.63) is 69.5 Å². The fourth-order valence-corrected chi connectivity index (χ4v) is 4.39. The van der Waals surface area contributed by atoms with Crippen molar-refractivity contribution in [2.45, 2.75) is 25.9 Å². The fraction of sp³-hybridized carbons (Fsp3) is 0.308. The second-order valence-corrected chi connectivity index (χ2v) is 8.52. The first-order chi connectivity index (χ1) is 15.5. The number of hydrogen-bond acceptors (Lipinski definition) is 4. The number of aromatic amines is 2. The molecule has 6 nitrogen and oxygen atoms in total. The van der Waals surface area contributed by atoms with Gasteiger partial charge < -0.3 is 14.8 Å². The van der Waals surface area contributed by atoms with E-state index in [1.165, 1.54) is 5.56 Å². The minimum absolute atomic E-state index is 0.154. The maximum Gasteiger partial charge on any atom is 0.257 e. The van der Waals surface area contributed by atoms with Crippen molar-refractivity contribution in [2.24, 2.45) is 0 Å². The van der Waals surface area contributed by atoms with E-state index in [1.807, 2.05) is 12.1 Å². The van der Waals surface area contributed by atoms with E-state index in [9.17, 15) is 9.59 Å². The summed E-state index contributed by atoms with van der Waals surface area (Å²) in [4.78, 5) is 34.5. The zero-order valence-electron chi connectivity index (χ0n) is 18.6. The Morgan fingerprint density at radius 2 is 1.91 bits per heavy atom. The first-order valence-electron chi connectivity index (χ1n) is 11.1. The van der Waals surface area contributed by atoms with Gasteiger partial charge in [0.15, 0.2) is 0 Å². The van der Waals surface area contributed by atoms with Crippen molar-refractivity contribution >= 4 is 29.8 Å². The van der Waals surface area contributed by atoms with Crippen LogP contribution in [0.25, 0.3) is 34.8 Å². The SMILES string of the molecule is C=C/C=c1/[nH]c(=O)c(-c2cc3cc(CN4CCN(C(C)CC=O)CC4)ccc3[nH]2)cc1=C. The average molecular weight is 431 g/mol. The summed E-state index contributed by atoms with van der Waals surface area (Å²) in [7, 11) is 0. The number of hydrogen-bond donors (Lipinski definition) is 2. The van der Waals surface area contributed by atoms with Gasteiger partial charge in [-0.25, -0.2) is 0 Å². The third-order valence-corrected chi connectivity index (χ3v) is 6.29. The molecule has 1 unspecified atom stereocenters. The minimum atomic E-state index is -0.154. The summed E-state index contributed by atoms with van der Waals surface area (Å²) in [5.74, 6) is 0. The molecular formula is C26H30N4O2. The Hall–Kier alpha value is -3.22. The second-order valence-electron chi connectivity index (χ2n) is 8.52. The summed E-state index contributed by atoms with van der Waals surface area (Å²) in [5, 5.41) is 2.51. The van der Waals surface area contributed by atoms with Crippen molar-refractivity contribution in [1.82, 2.24) is 19.8 Å². The molecule has 0 radical (unpaired) electrons. The molecule has 4 rings (SSSR count). The number of fused-ring (bicyclic) bond motifs is 1. The molecule has 2 aromatic heterocycles. The van der Waals surface area contributed by atoms with Gasteiger partial charge in [-0.3, -0.25) is 14.6 Å². The fourth-order valence-electron chi connectivity index (χ4n) is 4.39. The molecule has 1 atom stereocenters. The second kappa shape index (κ2) is 9.51. The zero-order chi connectivity index (χ0) is 22.7. The maximum absolute atomic E-state index is 12.6. The number of aldehydes is 1. The number of carbonyl (C=O) groups is 1. The Bertz CT molecular complexity index is 1300. The monoisotopic (exact) mass is 430 g/mol. The highest BCUT2D eigenvalue weighted by Gasteiger charge is 2.21. The van der Waals surface area contributed by atoms with Crippen LogP contribution in [-0.2, 0) is 11.3 Å². The standard InChI is InChI=1S/C26H30N4O2/c1-4-5-23-18(2)14-22(26(32)28-23)25-16-21-15-20(6-7-24(21)27-25)17-29-9-11-30(12-10-29)19(3)8-13-31/h4-7,13-16,19,27H,1-2,8-12,17H2,3H3,(H,28,32)/b23-5+. The number of aromatic nitrogens is 2. The van der Waals surface area contributed by atoms with E-state index in [-0.39, 0.29) is 5.56 Å². The van der Waals surface area contributed by atoms with Crippen LogP contribution in [0.3, 0.4) is 0 Å². The van der Waals surface area contributed by atoms with Crippen LogP contribution in [0, 0.1) is 0 Å². The zero-order valence-corrected chi connectivity index (χ0v) is 18.6. The Morgan fingerprint density at radius 1 is 1.12 bits per heavy atom. The first-order valence-corrected chi connectivity index (χ1v) is 11.1. The molecule has 0 aliphatic carbocycles. The van der Waals surface area contributed by atoms with Crippen molar-refractivity contribution in [3.8, 4) is 11.3 Å². The lowest BCUT2D eigenvalue weighted by molar-refractivity contribution is -0.109. The highest BCUT2D eigenvalue weighted by atomic mass is 16.1. The lowest BCUT2D eigenvalue weighted by atomic mass is 10.1. The molecule has 3 heterocycles. The van der Waals surface area contributed by atoms with Crippen molar-refractivity contribution in [3.63, 3.8) is 0 Å². The van der Waals surface area contributed by atoms with Crippen LogP contribution >= 0.6 is 0 Å². The molecule has 2 N–H and O–H groups in total. The Morgan fingerprint density at radius 3 is 2.62 bits per heavy atom. The van der Waals surface area contributed by atoms with Gasteiger partial charge in [0.1, 0.15) is 6.29 Å². The van der Waals surface area contributed by atoms with Crippen molar-refractivity contribution < 1.29 is 4.79 Å². The van der Waals surface area contributed by atoms with Crippen LogP contribution in [0.2, 0.25) is 0 Å². The minimum Gasteiger partial charge on any atom is -0.354 e. The van der Waals surface area contributed by atoms with Gasteiger partial charge in [0.2, 0.25) is 0 Å². The summed E-state index contributed by atoms with van der Waals surface area (Å²) in [6, 6.07) is 10.6. The number of benzene rings is 1. The van der Waals surface area contributed by atoms with Gasteiger partial charge in [-0.1, -0.05) is 25.3 Å². The third-order valence-electron chi connectivity index (χ3n) is 6.29. The number of piperazine rings is 1. The molecule has 0 bridgehead atoms. The van der Waals surface area contributed by atoms with Crippen LogP contribution in [-0.4, -0.2) is 58.3 Å². The molecule has 3 aromatic rings. The summed E-state index contributed by atoms with van der Waals surface area (Å²) in [6.07, 6.45) is 4.99. The molecule has 0 amide bonds. The highest BCUT2D eigenvalue weighted by molar-refractivity contribution is 5.86. The quantitative estimate of drug-likeness (QED) is 0.563. The topological polar surface area (TPSA) is 72.2 Å². The van der Waals surface area contributed by atoms with Crippen molar-refractivity contribution in [1.29, 1.82) is 0 Å². The number of nitrogens with one attached hydrogen (secondary N) is 2. The molecule has 1 saturated heterocycles. The van der Waals surface area contributed by atoms with Gasteiger partial charge in [0.25, 0.3) is 5.56 Å². The maximum atomic E-state index is 12.6. The van der Waals surface area contributed by atoms with E-state index in [1.54, 1.807) is 12.2 Å². The van der Waals surface area contributed by atoms with E-state index >= 15 is 0 Å². The number of rotatable bonds is 7. The van der Waals surface area contributed by atoms with Crippen LogP contribution in [0.1, 0.15) is 18.9 Å². The predicted molar refractivity (Wildman–Crippen MR) is 131 cm³/mol. The van der Waals surface area contributed by atoms with E-state index in [0.29, 0.717) is 23.4 Å². The molecule has 1 aliphatic rings. The normalized spacial score (nSPS) is 17.0. The van der Waals surface area contributed by atoms with E-state index in [2.05, 4.69) is 58.0 Å². The number of H-pyrrole nitrogens is 2. The van der Waals surface area contributed by atoms with Gasteiger partial charge in [0, 0.05) is 61.4 Å². The van der Waals surface area contributed by atoms with Gasteiger partial charge in [-0.15, -0.1) is 0 Å². The third kappa shape index (κ3) is 4.66. The molecular weight excluding hydrogens is 400 g/mol. The summed E-state index contributed by atoms with van der Waals surface area (Å²) >= 11 is 0. The first kappa shape index (κ1) is 22.0. The Balaban J connectivity index is 1.51. The molecule has 6 heteroatoms. The molecule has 1 aliphatic heterocycles. The molecule has 32 heavy (non-hydrogen) atoms. The lowest BCUT2D eigenvalue weighted by Gasteiger charge is -2.37. The van der Waals surface area contributed by atoms with E-state index in [4.69, 9.17) is 0 Å². The largest absolute Gasteiger partial charge is 0.354 e. The number of carbonyl (C=O) groups excluding carboxylic acids is 1. The summed E-state index contributed by atoms with van der Waals surface area (Å²) in [5.41, 5.74) is 3.46. The Kier molecular flexibility index (Phi) is 6.53. The summed E-state index contributed by atoms with van der Waals surface area (Å²) in [6.45, 7) is 14.7. The number of nitrogens with zero attached hydrogens (tertiary/aromatic N) is 2. The van der Waals surface area contributed by atoms with Gasteiger partial charge in [0.05, 0.1) is 11.3 Å². The van der Waals surface area contributed by atoms with E-state index in [0.717, 1.165) is 60.8 Å². The number of allylic oxidation sites excluding steroid dienone is 1. The van der Waals surface area contributed by atoms with Gasteiger partial charge in [-0.2, -0.15) is 0 Å². The molecule has 166 valence electrons. The van der Waals surface area contributed by atoms with Crippen LogP contribution < -0.4 is 16.1 Å². The molecule has 0 spiro atoms. The Labute approximate surface area is 187 Å². The van der Waals surface area contributed by atoms with Crippen molar-refractivity contribution in [2.75, 3.05) is 26.2 Å². The molecule has 0 saturated carbocycles. The highest BCUT2D eigenvalue weighted by Crippen LogP contribution is 2.23. The average Bonchev–Trinajstić information content (AvgIpc) is 3.20. The van der Waals surface area contributed by atoms with Gasteiger partial charge in [-0.05, 0) is 48.0 Å². The predicted octanol–water partition coefficient (Wildman–Crippen LogP) is 2.00. The van der Waals surface area contributed by atoms with Crippen LogP contribution in [0.15, 0.2) is 47.8 Å². The summed E-state index contributed by atoms with van der Waals surface area (Å²) < 4.78 is 0.